The molecule has 0 aliphatic rings. The van der Waals surface area contributed by atoms with Crippen LogP contribution in [0.2, 0.25) is 0 Å². The van der Waals surface area contributed by atoms with Gasteiger partial charge < -0.3 is 10.4 Å². The topological polar surface area (TPSA) is 84.2 Å². The summed E-state index contributed by atoms with van der Waals surface area (Å²) in [4.78, 5) is 29.1. The van der Waals surface area contributed by atoms with Gasteiger partial charge >= 0.3 is 0 Å². The van der Waals surface area contributed by atoms with Crippen LogP contribution in [0, 0.1) is 0 Å². The molecule has 1 aromatic carbocycles. The molecule has 1 unspecified atom stereocenters. The number of benzene rings is 1. The Balaban J connectivity index is 1.74. The predicted molar refractivity (Wildman–Crippen MR) is 92.9 cm³/mol. The summed E-state index contributed by atoms with van der Waals surface area (Å²) in [6, 6.07) is 10.8. The first kappa shape index (κ1) is 16.4. The quantitative estimate of drug-likeness (QED) is 0.735. The monoisotopic (exact) mass is 343 g/mol. The van der Waals surface area contributed by atoms with Crippen molar-refractivity contribution >= 4 is 28.3 Å². The Bertz CT molecular complexity index is 916. The average molecular weight is 343 g/mol. The highest BCUT2D eigenvalue weighted by molar-refractivity contribution is 7.10. The molecule has 7 heteroatoms. The summed E-state index contributed by atoms with van der Waals surface area (Å²) >= 11 is 1.43. The smallest absolute Gasteiger partial charge is 0.269 e. The van der Waals surface area contributed by atoms with Crippen LogP contribution in [0.3, 0.4) is 0 Å². The van der Waals surface area contributed by atoms with Crippen LogP contribution in [0.5, 0.6) is 0 Å². The maximum atomic E-state index is 12.2. The van der Waals surface area contributed by atoms with E-state index in [1.54, 1.807) is 25.1 Å². The molecule has 0 saturated carbocycles. The van der Waals surface area contributed by atoms with Crippen molar-refractivity contribution in [3.63, 3.8) is 0 Å². The highest BCUT2D eigenvalue weighted by atomic mass is 32.1. The SMILES string of the molecule is CC(O)(CNC(=O)Cn1c(=O)cnc2ccccc21)c1cccs1. The second-order valence-electron chi connectivity index (χ2n) is 5.70. The molecule has 2 aromatic heterocycles. The molecule has 0 bridgehead atoms. The molecule has 1 amide bonds. The molecule has 0 fully saturated rings. The van der Waals surface area contributed by atoms with Crippen molar-refractivity contribution in [1.29, 1.82) is 0 Å². The molecule has 124 valence electrons. The zero-order valence-corrected chi connectivity index (χ0v) is 13.9. The number of rotatable bonds is 5. The number of hydrogen-bond donors (Lipinski definition) is 2. The van der Waals surface area contributed by atoms with Gasteiger partial charge in [0.05, 0.1) is 23.8 Å². The lowest BCUT2D eigenvalue weighted by atomic mass is 10.1. The van der Waals surface area contributed by atoms with Gasteiger partial charge in [-0.05, 0) is 30.5 Å². The molecular formula is C17H17N3O3S. The summed E-state index contributed by atoms with van der Waals surface area (Å²) in [5, 5.41) is 15.0. The number of para-hydroxylation sites is 2. The maximum Gasteiger partial charge on any atom is 0.269 e. The standard InChI is InChI=1S/C17H17N3O3S/c1-17(23,14-7-4-8-24-14)11-19-15(21)10-20-13-6-3-2-5-12(13)18-9-16(20)22/h2-9,23H,10-11H2,1H3,(H,19,21). The van der Waals surface area contributed by atoms with Gasteiger partial charge in [0.2, 0.25) is 5.91 Å². The van der Waals surface area contributed by atoms with Gasteiger partial charge in [0.15, 0.2) is 0 Å². The van der Waals surface area contributed by atoms with Crippen molar-refractivity contribution < 1.29 is 9.90 Å². The van der Waals surface area contributed by atoms with Crippen molar-refractivity contribution in [3.05, 3.63) is 63.2 Å². The Morgan fingerprint density at radius 2 is 2.12 bits per heavy atom. The Labute approximate surface area is 142 Å². The van der Waals surface area contributed by atoms with Gasteiger partial charge in [-0.15, -0.1) is 11.3 Å². The van der Waals surface area contributed by atoms with E-state index >= 15 is 0 Å². The van der Waals surface area contributed by atoms with Crippen LogP contribution in [0.25, 0.3) is 11.0 Å². The molecule has 0 aliphatic carbocycles. The number of carbonyl (C=O) groups excluding carboxylic acids is 1. The number of nitrogens with one attached hydrogen (secondary N) is 1. The van der Waals surface area contributed by atoms with Crippen molar-refractivity contribution in [2.24, 2.45) is 0 Å². The van der Waals surface area contributed by atoms with E-state index in [2.05, 4.69) is 10.3 Å². The Hall–Kier alpha value is -2.51. The number of amides is 1. The third-order valence-electron chi connectivity index (χ3n) is 3.74. The van der Waals surface area contributed by atoms with E-state index in [9.17, 15) is 14.7 Å². The Morgan fingerprint density at radius 1 is 1.33 bits per heavy atom. The molecule has 0 radical (unpaired) electrons. The van der Waals surface area contributed by atoms with Gasteiger partial charge in [-0.1, -0.05) is 18.2 Å². The molecule has 3 rings (SSSR count). The fraction of sp³-hybridized carbons (Fsp3) is 0.235. The largest absolute Gasteiger partial charge is 0.383 e. The van der Waals surface area contributed by atoms with Gasteiger partial charge in [0, 0.05) is 4.88 Å². The number of carbonyl (C=O) groups is 1. The van der Waals surface area contributed by atoms with Crippen molar-refractivity contribution in [2.75, 3.05) is 6.54 Å². The summed E-state index contributed by atoms with van der Waals surface area (Å²) in [6.07, 6.45) is 1.21. The van der Waals surface area contributed by atoms with E-state index in [1.165, 1.54) is 22.1 Å². The molecular weight excluding hydrogens is 326 g/mol. The van der Waals surface area contributed by atoms with E-state index in [1.807, 2.05) is 23.6 Å². The number of hydrogen-bond acceptors (Lipinski definition) is 5. The van der Waals surface area contributed by atoms with Gasteiger partial charge in [-0.25, -0.2) is 4.98 Å². The molecule has 24 heavy (non-hydrogen) atoms. The highest BCUT2D eigenvalue weighted by Crippen LogP contribution is 2.24. The van der Waals surface area contributed by atoms with E-state index in [-0.39, 0.29) is 24.6 Å². The molecule has 0 aliphatic heterocycles. The second kappa shape index (κ2) is 6.54. The Kier molecular flexibility index (Phi) is 4.46. The van der Waals surface area contributed by atoms with Crippen LogP contribution >= 0.6 is 11.3 Å². The summed E-state index contributed by atoms with van der Waals surface area (Å²) in [5.41, 5.74) is -0.232. The number of fused-ring (bicyclic) bond motifs is 1. The number of aromatic nitrogens is 2. The van der Waals surface area contributed by atoms with Gasteiger partial charge in [0.1, 0.15) is 12.1 Å². The minimum atomic E-state index is -1.14. The minimum absolute atomic E-state index is 0.0735. The summed E-state index contributed by atoms with van der Waals surface area (Å²) in [7, 11) is 0. The first-order valence-corrected chi connectivity index (χ1v) is 8.33. The molecule has 3 aromatic rings. The van der Waals surface area contributed by atoms with Crippen LogP contribution < -0.4 is 10.9 Å². The predicted octanol–water partition coefficient (Wildman–Crippen LogP) is 1.48. The lowest BCUT2D eigenvalue weighted by molar-refractivity contribution is -0.122. The van der Waals surface area contributed by atoms with Crippen LogP contribution in [0.15, 0.2) is 52.8 Å². The van der Waals surface area contributed by atoms with Crippen molar-refractivity contribution in [2.45, 2.75) is 19.1 Å². The van der Waals surface area contributed by atoms with Crippen molar-refractivity contribution in [1.82, 2.24) is 14.9 Å². The number of thiophene rings is 1. The normalized spacial score (nSPS) is 13.6. The van der Waals surface area contributed by atoms with E-state index in [0.717, 1.165) is 4.88 Å². The van der Waals surface area contributed by atoms with E-state index in [4.69, 9.17) is 0 Å². The molecule has 2 N–H and O–H groups in total. The fourth-order valence-corrected chi connectivity index (χ4v) is 3.21. The lowest BCUT2D eigenvalue weighted by Gasteiger charge is -2.22. The molecule has 1 atom stereocenters. The second-order valence-corrected chi connectivity index (χ2v) is 6.65. The van der Waals surface area contributed by atoms with Gasteiger partial charge in [0.25, 0.3) is 5.56 Å². The zero-order valence-electron chi connectivity index (χ0n) is 13.1. The summed E-state index contributed by atoms with van der Waals surface area (Å²) < 4.78 is 1.37. The molecule has 0 saturated heterocycles. The molecule has 2 heterocycles. The van der Waals surface area contributed by atoms with Crippen molar-refractivity contribution in [3.8, 4) is 0 Å². The fourth-order valence-electron chi connectivity index (χ4n) is 2.42. The third kappa shape index (κ3) is 3.37. The average Bonchev–Trinajstić information content (AvgIpc) is 3.11. The lowest BCUT2D eigenvalue weighted by Crippen LogP contribution is -2.40. The van der Waals surface area contributed by atoms with Crippen LogP contribution in [-0.4, -0.2) is 27.1 Å². The number of nitrogens with zero attached hydrogens (tertiary/aromatic N) is 2. The first-order valence-electron chi connectivity index (χ1n) is 7.45. The van der Waals surface area contributed by atoms with Crippen LogP contribution in [0.4, 0.5) is 0 Å². The summed E-state index contributed by atoms with van der Waals surface area (Å²) in [6.45, 7) is 1.60. The first-order chi connectivity index (χ1) is 11.5. The van der Waals surface area contributed by atoms with Gasteiger partial charge in [-0.2, -0.15) is 0 Å². The van der Waals surface area contributed by atoms with E-state index < -0.39 is 5.60 Å². The molecule has 0 spiro atoms. The molecule has 6 nitrogen and oxygen atoms in total. The minimum Gasteiger partial charge on any atom is -0.383 e. The zero-order chi connectivity index (χ0) is 17.2. The third-order valence-corrected chi connectivity index (χ3v) is 4.86. The van der Waals surface area contributed by atoms with Crippen LogP contribution in [0.1, 0.15) is 11.8 Å². The number of aliphatic hydroxyl groups is 1. The van der Waals surface area contributed by atoms with Crippen LogP contribution in [-0.2, 0) is 16.9 Å². The highest BCUT2D eigenvalue weighted by Gasteiger charge is 2.25. The van der Waals surface area contributed by atoms with Gasteiger partial charge in [-0.3, -0.25) is 14.2 Å². The Morgan fingerprint density at radius 3 is 2.88 bits per heavy atom. The maximum absolute atomic E-state index is 12.2. The summed E-state index contributed by atoms with van der Waals surface area (Å²) in [5.74, 6) is -0.342. The van der Waals surface area contributed by atoms with E-state index in [0.29, 0.717) is 11.0 Å².